The van der Waals surface area contributed by atoms with Crippen molar-refractivity contribution in [2.75, 3.05) is 7.05 Å². The Kier molecular flexibility index (Phi) is 6.15. The van der Waals surface area contributed by atoms with E-state index in [9.17, 15) is 0 Å². The van der Waals surface area contributed by atoms with E-state index in [4.69, 9.17) is 0 Å². The highest BCUT2D eigenvalue weighted by atomic mass is 32.2. The van der Waals surface area contributed by atoms with Crippen LogP contribution in [0.15, 0.2) is 4.99 Å². The highest BCUT2D eigenvalue weighted by Crippen LogP contribution is 2.24. The molecule has 0 amide bonds. The standard InChI is InChI=1S/C8H17NS2/c1-6(2)10-8(9-5)11-7(3)4/h6-7H,1-5H3. The molecule has 0 unspecified atom stereocenters. The van der Waals surface area contributed by atoms with E-state index >= 15 is 0 Å². The van der Waals surface area contributed by atoms with E-state index in [1.807, 2.05) is 30.6 Å². The quantitative estimate of drug-likeness (QED) is 0.490. The topological polar surface area (TPSA) is 12.4 Å². The average molecular weight is 191 g/mol. The van der Waals surface area contributed by atoms with Crippen molar-refractivity contribution in [1.29, 1.82) is 0 Å². The summed E-state index contributed by atoms with van der Waals surface area (Å²) in [5, 5.41) is 1.28. The van der Waals surface area contributed by atoms with Gasteiger partial charge in [0.25, 0.3) is 0 Å². The molecule has 0 saturated heterocycles. The first kappa shape index (κ1) is 11.4. The zero-order chi connectivity index (χ0) is 8.85. The van der Waals surface area contributed by atoms with Crippen molar-refractivity contribution in [3.05, 3.63) is 0 Å². The summed E-state index contributed by atoms with van der Waals surface area (Å²) in [4.78, 5) is 4.21. The maximum atomic E-state index is 4.21. The van der Waals surface area contributed by atoms with Gasteiger partial charge < -0.3 is 0 Å². The van der Waals surface area contributed by atoms with Crippen molar-refractivity contribution in [3.8, 4) is 0 Å². The van der Waals surface area contributed by atoms with Crippen molar-refractivity contribution < 1.29 is 0 Å². The summed E-state index contributed by atoms with van der Waals surface area (Å²) in [6, 6.07) is 0. The van der Waals surface area contributed by atoms with Crippen molar-refractivity contribution in [3.63, 3.8) is 0 Å². The number of thioether (sulfide) groups is 2. The van der Waals surface area contributed by atoms with Crippen LogP contribution in [0, 0.1) is 0 Å². The summed E-state index contributed by atoms with van der Waals surface area (Å²) >= 11 is 3.68. The van der Waals surface area contributed by atoms with Gasteiger partial charge in [0.2, 0.25) is 0 Å². The second-order valence-electron chi connectivity index (χ2n) is 2.82. The molecule has 0 spiro atoms. The minimum Gasteiger partial charge on any atom is -0.275 e. The number of aliphatic imine (C=N–C) groups is 1. The molecule has 1 nitrogen and oxygen atoms in total. The van der Waals surface area contributed by atoms with Crippen LogP contribution in [0.1, 0.15) is 27.7 Å². The molecular formula is C8H17NS2. The fourth-order valence-corrected chi connectivity index (χ4v) is 2.93. The smallest absolute Gasteiger partial charge is 0.124 e. The second-order valence-corrected chi connectivity index (χ2v) is 6.21. The molecule has 0 aliphatic carbocycles. The first-order valence-corrected chi connectivity index (χ1v) is 5.62. The number of hydrogen-bond acceptors (Lipinski definition) is 3. The summed E-state index contributed by atoms with van der Waals surface area (Å²) < 4.78 is 1.20. The first-order chi connectivity index (χ1) is 5.06. The van der Waals surface area contributed by atoms with Gasteiger partial charge in [-0.3, -0.25) is 4.99 Å². The van der Waals surface area contributed by atoms with Crippen molar-refractivity contribution in [2.45, 2.75) is 38.2 Å². The van der Waals surface area contributed by atoms with Crippen LogP contribution < -0.4 is 0 Å². The van der Waals surface area contributed by atoms with Gasteiger partial charge in [-0.15, -0.1) is 0 Å². The van der Waals surface area contributed by atoms with Crippen LogP contribution in [-0.2, 0) is 0 Å². The van der Waals surface area contributed by atoms with E-state index in [1.54, 1.807) is 0 Å². The molecule has 0 aliphatic heterocycles. The van der Waals surface area contributed by atoms with Gasteiger partial charge in [0, 0.05) is 17.5 Å². The molecule has 0 N–H and O–H groups in total. The van der Waals surface area contributed by atoms with Crippen molar-refractivity contribution in [1.82, 2.24) is 0 Å². The third-order valence-corrected chi connectivity index (χ3v) is 3.14. The van der Waals surface area contributed by atoms with Crippen molar-refractivity contribution in [2.24, 2.45) is 4.99 Å². The van der Waals surface area contributed by atoms with Crippen LogP contribution in [0.2, 0.25) is 0 Å². The van der Waals surface area contributed by atoms with Gasteiger partial charge in [0.05, 0.1) is 0 Å². The molecule has 66 valence electrons. The molecule has 0 rings (SSSR count). The molecular weight excluding hydrogens is 174 g/mol. The lowest BCUT2D eigenvalue weighted by atomic mass is 10.6. The van der Waals surface area contributed by atoms with Gasteiger partial charge in [-0.2, -0.15) is 0 Å². The first-order valence-electron chi connectivity index (χ1n) is 3.86. The van der Waals surface area contributed by atoms with Crippen molar-refractivity contribution >= 4 is 27.9 Å². The Hall–Kier alpha value is 0.370. The van der Waals surface area contributed by atoms with Gasteiger partial charge in [-0.05, 0) is 0 Å². The van der Waals surface area contributed by atoms with Crippen LogP contribution in [-0.4, -0.2) is 21.9 Å². The van der Waals surface area contributed by atoms with Crippen LogP contribution >= 0.6 is 23.5 Å². The molecule has 3 heteroatoms. The van der Waals surface area contributed by atoms with Gasteiger partial charge >= 0.3 is 0 Å². The third-order valence-electron chi connectivity index (χ3n) is 0.856. The van der Waals surface area contributed by atoms with Crippen LogP contribution in [0.5, 0.6) is 0 Å². The summed E-state index contributed by atoms with van der Waals surface area (Å²) in [6.07, 6.45) is 0. The Bertz CT molecular complexity index is 118. The zero-order valence-electron chi connectivity index (χ0n) is 7.92. The van der Waals surface area contributed by atoms with Crippen LogP contribution in [0.4, 0.5) is 0 Å². The number of hydrogen-bond donors (Lipinski definition) is 0. The normalized spacial score (nSPS) is 10.8. The highest BCUT2D eigenvalue weighted by molar-refractivity contribution is 8.39. The molecule has 0 aromatic rings. The summed E-state index contributed by atoms with van der Waals surface area (Å²) in [5.41, 5.74) is 0. The molecule has 0 fully saturated rings. The zero-order valence-corrected chi connectivity index (χ0v) is 9.55. The Labute approximate surface area is 78.4 Å². The Balaban J connectivity index is 3.79. The monoisotopic (exact) mass is 191 g/mol. The minimum absolute atomic E-state index is 0.639. The Morgan fingerprint density at radius 3 is 1.55 bits per heavy atom. The molecule has 0 aromatic heterocycles. The van der Waals surface area contributed by atoms with Gasteiger partial charge in [-0.1, -0.05) is 51.2 Å². The predicted molar refractivity (Wildman–Crippen MR) is 58.8 cm³/mol. The van der Waals surface area contributed by atoms with Gasteiger partial charge in [0.15, 0.2) is 0 Å². The van der Waals surface area contributed by atoms with E-state index in [-0.39, 0.29) is 0 Å². The maximum absolute atomic E-state index is 4.21. The molecule has 0 heterocycles. The predicted octanol–water partition coefficient (Wildman–Crippen LogP) is 3.26. The fourth-order valence-electron chi connectivity index (χ4n) is 0.536. The Morgan fingerprint density at radius 2 is 1.36 bits per heavy atom. The van der Waals surface area contributed by atoms with E-state index in [2.05, 4.69) is 32.7 Å². The van der Waals surface area contributed by atoms with E-state index < -0.39 is 0 Å². The summed E-state index contributed by atoms with van der Waals surface area (Å²) in [7, 11) is 1.86. The molecule has 0 aromatic carbocycles. The Morgan fingerprint density at radius 1 is 1.00 bits per heavy atom. The third kappa shape index (κ3) is 6.76. The molecule has 0 saturated carbocycles. The summed E-state index contributed by atoms with van der Waals surface area (Å²) in [6.45, 7) is 8.76. The number of nitrogens with zero attached hydrogens (tertiary/aromatic N) is 1. The second kappa shape index (κ2) is 5.95. The lowest BCUT2D eigenvalue weighted by Crippen LogP contribution is -1.98. The molecule has 0 bridgehead atoms. The molecule has 0 aliphatic rings. The maximum Gasteiger partial charge on any atom is 0.124 e. The molecule has 11 heavy (non-hydrogen) atoms. The molecule has 0 radical (unpaired) electrons. The minimum atomic E-state index is 0.639. The lowest BCUT2D eigenvalue weighted by molar-refractivity contribution is 1.12. The van der Waals surface area contributed by atoms with E-state index in [0.717, 1.165) is 0 Å². The number of rotatable bonds is 2. The van der Waals surface area contributed by atoms with Crippen LogP contribution in [0.3, 0.4) is 0 Å². The van der Waals surface area contributed by atoms with Gasteiger partial charge in [-0.25, -0.2) is 0 Å². The SMILES string of the molecule is CN=C(SC(C)C)SC(C)C. The lowest BCUT2D eigenvalue weighted by Gasteiger charge is -2.09. The van der Waals surface area contributed by atoms with Crippen LogP contribution in [0.25, 0.3) is 0 Å². The van der Waals surface area contributed by atoms with E-state index in [1.165, 1.54) is 4.38 Å². The van der Waals surface area contributed by atoms with Gasteiger partial charge in [0.1, 0.15) is 4.38 Å². The largest absolute Gasteiger partial charge is 0.275 e. The average Bonchev–Trinajstić information content (AvgIpc) is 1.84. The highest BCUT2D eigenvalue weighted by Gasteiger charge is 2.05. The fraction of sp³-hybridized carbons (Fsp3) is 0.875. The van der Waals surface area contributed by atoms with E-state index in [0.29, 0.717) is 10.5 Å². The molecule has 0 atom stereocenters. The summed E-state index contributed by atoms with van der Waals surface area (Å²) in [5.74, 6) is 0.